The third-order valence-electron chi connectivity index (χ3n) is 4.01. The van der Waals surface area contributed by atoms with Crippen molar-refractivity contribution in [3.05, 3.63) is 24.4 Å². The van der Waals surface area contributed by atoms with Gasteiger partial charge < -0.3 is 4.52 Å². The van der Waals surface area contributed by atoms with Crippen molar-refractivity contribution in [1.29, 1.82) is 0 Å². The standard InChI is InChI=1S/C15H24N6O/c1-15(2,3)14-18-13(22-19-14)9-20-6-4-5-12(7-20)8-21-11-16-10-17-21/h10-12H,4-9H2,1-3H3. The quantitative estimate of drug-likeness (QED) is 0.858. The molecule has 0 radical (unpaired) electrons. The van der Waals surface area contributed by atoms with E-state index in [1.807, 2.05) is 4.68 Å². The highest BCUT2D eigenvalue weighted by Crippen LogP contribution is 2.22. The summed E-state index contributed by atoms with van der Waals surface area (Å²) in [6.45, 7) is 10.1. The molecule has 120 valence electrons. The highest BCUT2D eigenvalue weighted by Gasteiger charge is 2.24. The molecule has 7 nitrogen and oxygen atoms in total. The van der Waals surface area contributed by atoms with Crippen LogP contribution < -0.4 is 0 Å². The summed E-state index contributed by atoms with van der Waals surface area (Å²) in [5, 5.41) is 8.29. The van der Waals surface area contributed by atoms with Gasteiger partial charge in [0, 0.05) is 18.5 Å². The van der Waals surface area contributed by atoms with Crippen LogP contribution in [0.15, 0.2) is 17.2 Å². The normalized spacial score (nSPS) is 20.4. The number of hydrogen-bond donors (Lipinski definition) is 0. The first-order chi connectivity index (χ1) is 10.5. The number of hydrogen-bond acceptors (Lipinski definition) is 6. The van der Waals surface area contributed by atoms with Gasteiger partial charge in [0.05, 0.1) is 6.54 Å². The predicted molar refractivity (Wildman–Crippen MR) is 81.0 cm³/mol. The summed E-state index contributed by atoms with van der Waals surface area (Å²) in [4.78, 5) is 10.9. The van der Waals surface area contributed by atoms with Crippen LogP contribution >= 0.6 is 0 Å². The van der Waals surface area contributed by atoms with Crippen molar-refractivity contribution in [1.82, 2.24) is 29.8 Å². The van der Waals surface area contributed by atoms with Crippen LogP contribution in [0.2, 0.25) is 0 Å². The summed E-state index contributed by atoms with van der Waals surface area (Å²) in [7, 11) is 0. The summed E-state index contributed by atoms with van der Waals surface area (Å²) in [5.41, 5.74) is -0.0702. The van der Waals surface area contributed by atoms with Crippen LogP contribution in [0.5, 0.6) is 0 Å². The van der Waals surface area contributed by atoms with Gasteiger partial charge in [-0.3, -0.25) is 9.58 Å². The summed E-state index contributed by atoms with van der Waals surface area (Å²) < 4.78 is 7.32. The summed E-state index contributed by atoms with van der Waals surface area (Å²) in [6.07, 6.45) is 5.80. The molecule has 3 heterocycles. The van der Waals surface area contributed by atoms with Gasteiger partial charge in [0.1, 0.15) is 12.7 Å². The lowest BCUT2D eigenvalue weighted by molar-refractivity contribution is 0.138. The molecule has 1 fully saturated rings. The molecule has 1 saturated heterocycles. The molecule has 1 aliphatic rings. The topological polar surface area (TPSA) is 72.9 Å². The molecule has 0 N–H and O–H groups in total. The molecule has 22 heavy (non-hydrogen) atoms. The van der Waals surface area contributed by atoms with E-state index in [9.17, 15) is 0 Å². The average molecular weight is 304 g/mol. The van der Waals surface area contributed by atoms with Crippen LogP contribution in [0.25, 0.3) is 0 Å². The third kappa shape index (κ3) is 3.71. The predicted octanol–water partition coefficient (Wildman–Crippen LogP) is 1.87. The lowest BCUT2D eigenvalue weighted by Gasteiger charge is -2.31. The van der Waals surface area contributed by atoms with Crippen LogP contribution in [0.3, 0.4) is 0 Å². The first-order valence-electron chi connectivity index (χ1n) is 7.88. The molecule has 2 aromatic heterocycles. The summed E-state index contributed by atoms with van der Waals surface area (Å²) >= 11 is 0. The second kappa shape index (κ2) is 6.16. The molecule has 0 spiro atoms. The lowest BCUT2D eigenvalue weighted by atomic mass is 9.96. The van der Waals surface area contributed by atoms with Gasteiger partial charge in [-0.2, -0.15) is 10.1 Å². The maximum atomic E-state index is 5.40. The van der Waals surface area contributed by atoms with Gasteiger partial charge in [0.2, 0.25) is 5.89 Å². The van der Waals surface area contributed by atoms with E-state index in [0.717, 1.165) is 32.0 Å². The van der Waals surface area contributed by atoms with Crippen molar-refractivity contribution in [2.24, 2.45) is 5.92 Å². The minimum atomic E-state index is -0.0702. The Bertz CT molecular complexity index is 585. The molecule has 0 amide bonds. The van der Waals surface area contributed by atoms with E-state index in [1.54, 1.807) is 12.7 Å². The van der Waals surface area contributed by atoms with Crippen molar-refractivity contribution in [2.75, 3.05) is 13.1 Å². The van der Waals surface area contributed by atoms with Crippen molar-refractivity contribution in [3.8, 4) is 0 Å². The fourth-order valence-corrected chi connectivity index (χ4v) is 2.85. The van der Waals surface area contributed by atoms with Gasteiger partial charge in [-0.1, -0.05) is 25.9 Å². The van der Waals surface area contributed by atoms with Crippen LogP contribution in [-0.4, -0.2) is 42.9 Å². The number of likely N-dealkylation sites (tertiary alicyclic amines) is 1. The number of rotatable bonds is 4. The molecule has 0 bridgehead atoms. The maximum Gasteiger partial charge on any atom is 0.240 e. The summed E-state index contributed by atoms with van der Waals surface area (Å²) in [6, 6.07) is 0. The number of piperidine rings is 1. The van der Waals surface area contributed by atoms with E-state index < -0.39 is 0 Å². The fourth-order valence-electron chi connectivity index (χ4n) is 2.85. The molecule has 2 aromatic rings. The van der Waals surface area contributed by atoms with Crippen molar-refractivity contribution in [2.45, 2.75) is 52.1 Å². The minimum absolute atomic E-state index is 0.0702. The van der Waals surface area contributed by atoms with E-state index >= 15 is 0 Å². The Kier molecular flexibility index (Phi) is 4.24. The second-order valence-electron chi connectivity index (χ2n) is 7.12. The first kappa shape index (κ1) is 15.1. The zero-order chi connectivity index (χ0) is 15.6. The number of aromatic nitrogens is 5. The van der Waals surface area contributed by atoms with E-state index in [2.05, 4.69) is 45.9 Å². The Hall–Kier alpha value is -1.76. The molecule has 0 saturated carbocycles. The third-order valence-corrected chi connectivity index (χ3v) is 4.01. The first-order valence-corrected chi connectivity index (χ1v) is 7.88. The molecular formula is C15H24N6O. The van der Waals surface area contributed by atoms with Gasteiger partial charge in [-0.15, -0.1) is 0 Å². The van der Waals surface area contributed by atoms with Gasteiger partial charge in [-0.05, 0) is 25.3 Å². The SMILES string of the molecule is CC(C)(C)c1noc(CN2CCCC(Cn3cncn3)C2)n1. The van der Waals surface area contributed by atoms with Crippen LogP contribution in [0, 0.1) is 5.92 Å². The Balaban J connectivity index is 1.57. The highest BCUT2D eigenvalue weighted by molar-refractivity contribution is 5.00. The maximum absolute atomic E-state index is 5.40. The van der Waals surface area contributed by atoms with E-state index in [1.165, 1.54) is 12.8 Å². The van der Waals surface area contributed by atoms with Crippen molar-refractivity contribution >= 4 is 0 Å². The zero-order valence-corrected chi connectivity index (χ0v) is 13.6. The molecule has 1 atom stereocenters. The van der Waals surface area contributed by atoms with E-state index in [4.69, 9.17) is 4.52 Å². The van der Waals surface area contributed by atoms with Crippen LogP contribution in [0.1, 0.15) is 45.3 Å². The highest BCUT2D eigenvalue weighted by atomic mass is 16.5. The minimum Gasteiger partial charge on any atom is -0.338 e. The van der Waals surface area contributed by atoms with Crippen molar-refractivity contribution < 1.29 is 4.52 Å². The van der Waals surface area contributed by atoms with E-state index in [-0.39, 0.29) is 5.41 Å². The van der Waals surface area contributed by atoms with Gasteiger partial charge in [-0.25, -0.2) is 4.98 Å². The fraction of sp³-hybridized carbons (Fsp3) is 0.733. The molecule has 3 rings (SSSR count). The second-order valence-corrected chi connectivity index (χ2v) is 7.12. The Labute approximate surface area is 130 Å². The molecule has 1 aliphatic heterocycles. The largest absolute Gasteiger partial charge is 0.338 e. The number of nitrogens with zero attached hydrogens (tertiary/aromatic N) is 6. The van der Waals surface area contributed by atoms with Gasteiger partial charge in [0.25, 0.3) is 0 Å². The Morgan fingerprint density at radius 1 is 1.36 bits per heavy atom. The van der Waals surface area contributed by atoms with Gasteiger partial charge >= 0.3 is 0 Å². The molecule has 0 aliphatic carbocycles. The Morgan fingerprint density at radius 2 is 2.23 bits per heavy atom. The van der Waals surface area contributed by atoms with Crippen LogP contribution in [0.4, 0.5) is 0 Å². The molecular weight excluding hydrogens is 280 g/mol. The van der Waals surface area contributed by atoms with E-state index in [0.29, 0.717) is 11.8 Å². The molecule has 7 heteroatoms. The van der Waals surface area contributed by atoms with Crippen molar-refractivity contribution in [3.63, 3.8) is 0 Å². The average Bonchev–Trinajstić information content (AvgIpc) is 3.10. The monoisotopic (exact) mass is 304 g/mol. The Morgan fingerprint density at radius 3 is 2.91 bits per heavy atom. The van der Waals surface area contributed by atoms with Crippen LogP contribution in [-0.2, 0) is 18.5 Å². The molecule has 0 aromatic carbocycles. The summed E-state index contributed by atoms with van der Waals surface area (Å²) in [5.74, 6) is 2.09. The zero-order valence-electron chi connectivity index (χ0n) is 13.6. The molecule has 1 unspecified atom stereocenters. The van der Waals surface area contributed by atoms with Gasteiger partial charge in [0.15, 0.2) is 5.82 Å². The smallest absolute Gasteiger partial charge is 0.240 e. The lowest BCUT2D eigenvalue weighted by Crippen LogP contribution is -2.36.